The number of imide groups is 1. The van der Waals surface area contributed by atoms with Gasteiger partial charge in [0.25, 0.3) is 5.69 Å². The fourth-order valence-electron chi connectivity index (χ4n) is 6.09. The third kappa shape index (κ3) is 3.32. The number of aryl methyl sites for hydroxylation is 2. The van der Waals surface area contributed by atoms with Crippen LogP contribution in [0, 0.1) is 35.8 Å². The van der Waals surface area contributed by atoms with Gasteiger partial charge in [0.05, 0.1) is 28.5 Å². The lowest BCUT2D eigenvalue weighted by molar-refractivity contribution is -0.384. The Kier molecular flexibility index (Phi) is 5.08. The molecule has 0 bridgehead atoms. The number of carbonyl (C=O) groups is 3. The fraction of sp³-hybridized carbons (Fsp3) is 0.207. The number of benzene rings is 3. The zero-order valence-corrected chi connectivity index (χ0v) is 20.2. The molecule has 0 saturated carbocycles. The van der Waals surface area contributed by atoms with Crippen molar-refractivity contribution in [2.45, 2.75) is 25.9 Å². The van der Waals surface area contributed by atoms with Crippen LogP contribution < -0.4 is 4.90 Å². The Hall–Kier alpha value is -4.59. The van der Waals surface area contributed by atoms with Crippen molar-refractivity contribution >= 4 is 35.0 Å². The van der Waals surface area contributed by atoms with Gasteiger partial charge in [-0.05, 0) is 42.7 Å². The minimum absolute atomic E-state index is 0.135. The number of nitro groups is 1. The van der Waals surface area contributed by atoms with Gasteiger partial charge in [-0.15, -0.1) is 0 Å². The fourth-order valence-corrected chi connectivity index (χ4v) is 6.09. The van der Waals surface area contributed by atoms with E-state index in [1.165, 1.54) is 29.2 Å². The average Bonchev–Trinajstić information content (AvgIpc) is 3.36. The molecule has 0 radical (unpaired) electrons. The molecule has 184 valence electrons. The number of anilines is 1. The van der Waals surface area contributed by atoms with Gasteiger partial charge in [-0.3, -0.25) is 24.5 Å². The summed E-state index contributed by atoms with van der Waals surface area (Å²) in [5, 5.41) is 11.4. The zero-order chi connectivity index (χ0) is 26.0. The van der Waals surface area contributed by atoms with Crippen LogP contribution in [0.4, 0.5) is 11.4 Å². The molecule has 0 unspecified atom stereocenters. The molecule has 3 heterocycles. The molecule has 37 heavy (non-hydrogen) atoms. The molecule has 0 aliphatic carbocycles. The van der Waals surface area contributed by atoms with Crippen molar-refractivity contribution in [2.24, 2.45) is 11.8 Å². The molecule has 8 heteroatoms. The molecular weight excluding hydrogens is 470 g/mol. The standard InChI is InChI=1S/C29H23N3O5/c1-16-10-11-22(17(2)14-16)31-28(34)23-24(29(31)35)26(27(33)19-7-5-8-20(15-19)32(36)37)30-13-12-18-6-3-4-9-21(18)25(23)30/h3-15,23-26H,1-2H3/t23-,24+,25-,26+/m0/s1. The third-order valence-electron chi connectivity index (χ3n) is 7.66. The van der Waals surface area contributed by atoms with E-state index in [0.29, 0.717) is 5.69 Å². The Morgan fingerprint density at radius 3 is 2.43 bits per heavy atom. The molecule has 0 N–H and O–H groups in total. The Morgan fingerprint density at radius 2 is 1.68 bits per heavy atom. The van der Waals surface area contributed by atoms with Gasteiger partial charge in [0.15, 0.2) is 5.78 Å². The van der Waals surface area contributed by atoms with Gasteiger partial charge in [0, 0.05) is 23.9 Å². The Labute approximate surface area is 213 Å². The van der Waals surface area contributed by atoms with Gasteiger partial charge in [-0.25, -0.2) is 4.90 Å². The summed E-state index contributed by atoms with van der Waals surface area (Å²) in [6.45, 7) is 3.80. The summed E-state index contributed by atoms with van der Waals surface area (Å²) in [5.74, 6) is -2.89. The first-order valence-corrected chi connectivity index (χ1v) is 12.1. The van der Waals surface area contributed by atoms with Gasteiger partial charge >= 0.3 is 0 Å². The second-order valence-electron chi connectivity index (χ2n) is 9.81. The van der Waals surface area contributed by atoms with Crippen LogP contribution in [0.15, 0.2) is 72.9 Å². The van der Waals surface area contributed by atoms with Gasteiger partial charge in [0.1, 0.15) is 6.04 Å². The topological polar surface area (TPSA) is 101 Å². The van der Waals surface area contributed by atoms with E-state index in [4.69, 9.17) is 0 Å². The number of fused-ring (bicyclic) bond motifs is 5. The van der Waals surface area contributed by atoms with E-state index in [-0.39, 0.29) is 17.2 Å². The highest BCUT2D eigenvalue weighted by molar-refractivity contribution is 6.25. The summed E-state index contributed by atoms with van der Waals surface area (Å²) in [5.41, 5.74) is 4.05. The Balaban J connectivity index is 1.50. The van der Waals surface area contributed by atoms with Crippen molar-refractivity contribution in [2.75, 3.05) is 4.90 Å². The van der Waals surface area contributed by atoms with Gasteiger partial charge < -0.3 is 4.90 Å². The number of carbonyl (C=O) groups excluding carboxylic acids is 3. The number of ketones is 1. The SMILES string of the molecule is Cc1ccc(N2C(=O)[C@@H]3[C@H](C2=O)[C@@H]2c4ccccc4C=CN2[C@H]3C(=O)c2cccc([N+](=O)[O-])c2)c(C)c1. The minimum Gasteiger partial charge on any atom is -0.358 e. The highest BCUT2D eigenvalue weighted by atomic mass is 16.6. The largest absolute Gasteiger partial charge is 0.358 e. The van der Waals surface area contributed by atoms with Crippen molar-refractivity contribution in [1.82, 2.24) is 4.90 Å². The molecule has 2 saturated heterocycles. The van der Waals surface area contributed by atoms with E-state index in [0.717, 1.165) is 22.3 Å². The van der Waals surface area contributed by atoms with Crippen molar-refractivity contribution in [3.63, 3.8) is 0 Å². The summed E-state index contributed by atoms with van der Waals surface area (Å²) in [6, 6.07) is 17.2. The lowest BCUT2D eigenvalue weighted by atomic mass is 9.83. The van der Waals surface area contributed by atoms with Crippen molar-refractivity contribution in [1.29, 1.82) is 0 Å². The third-order valence-corrected chi connectivity index (χ3v) is 7.66. The van der Waals surface area contributed by atoms with Crippen molar-refractivity contribution < 1.29 is 19.3 Å². The number of hydrogen-bond acceptors (Lipinski definition) is 6. The van der Waals surface area contributed by atoms with Gasteiger partial charge in [-0.1, -0.05) is 54.1 Å². The van der Waals surface area contributed by atoms with Crippen LogP contribution >= 0.6 is 0 Å². The van der Waals surface area contributed by atoms with Gasteiger partial charge in [0.2, 0.25) is 11.8 Å². The van der Waals surface area contributed by atoms with E-state index in [1.54, 1.807) is 17.2 Å². The second kappa shape index (κ2) is 8.23. The van der Waals surface area contributed by atoms with Crippen molar-refractivity contribution in [3.8, 4) is 0 Å². The highest BCUT2D eigenvalue weighted by Gasteiger charge is 2.64. The molecule has 3 aliphatic rings. The maximum atomic E-state index is 14.0. The number of nitrogens with zero attached hydrogens (tertiary/aromatic N) is 3. The van der Waals surface area contributed by atoms with E-state index in [9.17, 15) is 24.5 Å². The molecule has 4 atom stereocenters. The van der Waals surface area contributed by atoms with Crippen LogP contribution in [0.3, 0.4) is 0 Å². The molecular formula is C29H23N3O5. The summed E-state index contributed by atoms with van der Waals surface area (Å²) < 4.78 is 0. The van der Waals surface area contributed by atoms with Crippen LogP contribution in [0.1, 0.15) is 38.7 Å². The van der Waals surface area contributed by atoms with Crippen LogP contribution in [-0.2, 0) is 9.59 Å². The van der Waals surface area contributed by atoms with Crippen molar-refractivity contribution in [3.05, 3.63) is 111 Å². The predicted molar refractivity (Wildman–Crippen MR) is 137 cm³/mol. The molecule has 3 aromatic carbocycles. The quantitative estimate of drug-likeness (QED) is 0.228. The van der Waals surface area contributed by atoms with E-state index >= 15 is 0 Å². The zero-order valence-electron chi connectivity index (χ0n) is 20.2. The Morgan fingerprint density at radius 1 is 0.919 bits per heavy atom. The number of rotatable bonds is 4. The van der Waals surface area contributed by atoms with Crippen LogP contribution in [0.5, 0.6) is 0 Å². The van der Waals surface area contributed by atoms with E-state index < -0.39 is 40.5 Å². The lowest BCUT2D eigenvalue weighted by Gasteiger charge is -2.35. The number of nitro benzene ring substituents is 1. The number of non-ortho nitro benzene ring substituents is 1. The maximum absolute atomic E-state index is 14.0. The molecule has 3 aromatic rings. The van der Waals surface area contributed by atoms with Crippen LogP contribution in [0.25, 0.3) is 6.08 Å². The number of amides is 2. The van der Waals surface area contributed by atoms with Gasteiger partial charge in [-0.2, -0.15) is 0 Å². The number of Topliss-reactive ketones (excluding diaryl/α,β-unsaturated/α-hetero) is 1. The van der Waals surface area contributed by atoms with E-state index in [1.807, 2.05) is 56.3 Å². The van der Waals surface area contributed by atoms with E-state index in [2.05, 4.69) is 0 Å². The Bertz CT molecular complexity index is 1540. The molecule has 2 fully saturated rings. The summed E-state index contributed by atoms with van der Waals surface area (Å²) in [4.78, 5) is 55.8. The second-order valence-corrected chi connectivity index (χ2v) is 9.81. The molecule has 6 rings (SSSR count). The summed E-state index contributed by atoms with van der Waals surface area (Å²) in [7, 11) is 0. The monoisotopic (exact) mass is 493 g/mol. The first kappa shape index (κ1) is 22.8. The predicted octanol–water partition coefficient (Wildman–Crippen LogP) is 4.61. The summed E-state index contributed by atoms with van der Waals surface area (Å²) in [6.07, 6.45) is 3.64. The molecule has 0 spiro atoms. The summed E-state index contributed by atoms with van der Waals surface area (Å²) >= 11 is 0. The molecule has 3 aliphatic heterocycles. The number of hydrogen-bond donors (Lipinski definition) is 0. The lowest BCUT2D eigenvalue weighted by Crippen LogP contribution is -2.44. The molecule has 8 nitrogen and oxygen atoms in total. The normalized spacial score (nSPS) is 23.6. The maximum Gasteiger partial charge on any atom is 0.270 e. The van der Waals surface area contributed by atoms with Crippen LogP contribution in [0.2, 0.25) is 0 Å². The van der Waals surface area contributed by atoms with Crippen LogP contribution in [-0.4, -0.2) is 33.5 Å². The molecule has 2 amide bonds. The minimum atomic E-state index is -0.978. The average molecular weight is 494 g/mol. The first-order valence-electron chi connectivity index (χ1n) is 12.1. The molecule has 0 aromatic heterocycles. The highest BCUT2D eigenvalue weighted by Crippen LogP contribution is 2.54. The first-order chi connectivity index (χ1) is 17.8. The smallest absolute Gasteiger partial charge is 0.270 e.